The van der Waals surface area contributed by atoms with Gasteiger partial charge in [-0.1, -0.05) is 196 Å². The number of para-hydroxylation sites is 1. The summed E-state index contributed by atoms with van der Waals surface area (Å²) in [6, 6.07) is 16.0. The van der Waals surface area contributed by atoms with Crippen molar-refractivity contribution in [3.05, 3.63) is 307 Å². The van der Waals surface area contributed by atoms with Crippen molar-refractivity contribution in [2.75, 3.05) is 0 Å². The molecule has 0 unspecified atom stereocenters. The van der Waals surface area contributed by atoms with Crippen LogP contribution in [0, 0.1) is 45.9 Å². The van der Waals surface area contributed by atoms with Crippen LogP contribution in [-0.4, -0.2) is 14.1 Å². The van der Waals surface area contributed by atoms with E-state index in [9.17, 15) is 28.8 Å². The summed E-state index contributed by atoms with van der Waals surface area (Å²) in [6.45, 7) is -7.04. The van der Waals surface area contributed by atoms with E-state index in [2.05, 4.69) is 39.2 Å². The van der Waals surface area contributed by atoms with Gasteiger partial charge in [0.05, 0.1) is 45.5 Å². The van der Waals surface area contributed by atoms with Crippen molar-refractivity contribution in [3.63, 3.8) is 0 Å². The zero-order valence-corrected chi connectivity index (χ0v) is 51.0. The van der Waals surface area contributed by atoms with Crippen molar-refractivity contribution in [1.82, 2.24) is 14.1 Å². The van der Waals surface area contributed by atoms with Crippen LogP contribution >= 0.6 is 0 Å². The maximum atomic E-state index is 10.5. The van der Waals surface area contributed by atoms with Crippen LogP contribution < -0.4 is 9.30 Å². The van der Waals surface area contributed by atoms with E-state index in [1.54, 1.807) is 12.3 Å². The fourth-order valence-corrected chi connectivity index (χ4v) is 12.0. The first-order chi connectivity index (χ1) is 58.0. The average Bonchev–Trinajstić information content (AvgIpc) is 1.61. The third-order valence-electron chi connectivity index (χ3n) is 16.1. The van der Waals surface area contributed by atoms with E-state index in [0.29, 0.717) is 11.3 Å². The molecule has 1 aliphatic rings. The van der Waals surface area contributed by atoms with E-state index in [4.69, 9.17) is 26.2 Å². The van der Waals surface area contributed by atoms with Gasteiger partial charge >= 0.3 is 0 Å². The van der Waals surface area contributed by atoms with E-state index in [1.807, 2.05) is 47.0 Å². The molecule has 12 aromatic carbocycles. The molecule has 6 heteroatoms. The molecule has 0 radical (unpaired) electrons. The van der Waals surface area contributed by atoms with Crippen molar-refractivity contribution >= 4 is 32.8 Å². The van der Waals surface area contributed by atoms with Crippen LogP contribution in [0.1, 0.15) is 93.8 Å². The average molecular weight is 1400 g/mol. The fraction of sp³-hybridized carbons (Fsp3) is 0.0930. The summed E-state index contributed by atoms with van der Waals surface area (Å²) < 4.78 is 322. The summed E-state index contributed by atoms with van der Waals surface area (Å²) in [5.74, 6) is 0.546. The van der Waals surface area contributed by atoms with Gasteiger partial charge in [0.2, 0.25) is 0 Å². The molecule has 1 aliphatic heterocycles. The normalized spacial score (nSPS) is 17.4. The second kappa shape index (κ2) is 23.1. The topological polar surface area (TPSA) is 35.9 Å². The van der Waals surface area contributed by atoms with Crippen LogP contribution in [0.3, 0.4) is 0 Å². The summed E-state index contributed by atoms with van der Waals surface area (Å²) >= 11 is 0. The molecule has 0 bridgehead atoms. The predicted molar refractivity (Wildman–Crippen MR) is 375 cm³/mol. The number of benzene rings is 12. The van der Waals surface area contributed by atoms with Gasteiger partial charge in [-0.3, -0.25) is 4.57 Å². The number of ether oxygens (including phenoxy) is 1. The number of hydrogen-bond acceptors (Lipinski definition) is 2. The van der Waals surface area contributed by atoms with Gasteiger partial charge in [-0.15, -0.1) is 29.7 Å². The zero-order chi connectivity index (χ0) is 89.9. The van der Waals surface area contributed by atoms with E-state index < -0.39 is 277 Å². The molecule has 5 nitrogen and oxygen atoms in total. The smallest absolute Gasteiger partial charge is 0.268 e. The first kappa shape index (κ1) is 32.0. The van der Waals surface area contributed by atoms with Crippen molar-refractivity contribution in [1.29, 1.82) is 0 Å². The summed E-state index contributed by atoms with van der Waals surface area (Å²) in [7, 11) is 0. The summed E-state index contributed by atoms with van der Waals surface area (Å²) in [5.41, 5.74) is -13.4. The number of hydrogen-bond donors (Lipinski definition) is 0. The van der Waals surface area contributed by atoms with Crippen LogP contribution in [0.25, 0.3) is 139 Å². The van der Waals surface area contributed by atoms with Gasteiger partial charge in [0.15, 0.2) is 0 Å². The summed E-state index contributed by atoms with van der Waals surface area (Å²) in [5, 5.41) is 1.58. The molecule has 0 saturated carbocycles. The monoisotopic (exact) mass is 1400 g/mol. The Morgan fingerprint density at radius 3 is 1.66 bits per heavy atom. The quantitative estimate of drug-likeness (QED) is 0.107. The van der Waals surface area contributed by atoms with Crippen LogP contribution in [0.15, 0.2) is 260 Å². The maximum absolute atomic E-state index is 10.5. The SMILES string of the molecule is [2H]c1c([2H])c([2H])c(-c2c([2H])c(-c3cc4c5c(c3)n(-c3[c-]c(Oc6[c-]c7c(cc6)c6ccccc6n7-c6cc(C(C)(C)C)ccn6)ccc3)[c-][n+]5-c3c(-c5c(C([2H])([2H])[2H])cccc5C([2H])([2H])[2H])cc(-c5c(C([2H])([2H])[2H])cccc5C([2H])([2H])[2H])cc3-c3c([2H])c([2H])c([2H])c([2H])c3-c3c([2H])c([2H])c([2H])c([2H])c3-4)c([2H])c(-c3c([2H])c([2H])c([2H])c([2H])c3[2H])c2[2H])c([2H])c1[2H].[Pt]. The standard InChI is InChI=1S/C86H64N4O.Pt/c1-54-23-20-24-55(2)82(54)64-47-75-71-35-16-14-33-69(71)70-34-15-17-36-72(70)76-46-63(62-44-60(58-27-10-8-11-28-58)43-61(45-62)59-29-12-9-13-30-59)49-80-85(76)89(84(75)77(48-64)83-56(3)25-21-26-57(83)4)53-88(80)66-31-22-32-67(51-66)91-68-39-40-74-73-37-18-19-38-78(73)90(79(74)52-68)81-50-65(41-42-87-81)86(5,6)7;/h8-50H,1-7H3;/q-2;/i1D3,2D3,3D3,4D3,8D,9D,10D,11D,12D,13D,14D,15D,16D,17D,27D,28D,29D,30D,33D,34D,35D,36D,43D,44D,45D;. The second-order valence-electron chi connectivity index (χ2n) is 22.6. The predicted octanol–water partition coefficient (Wildman–Crippen LogP) is 21.8. The van der Waals surface area contributed by atoms with Gasteiger partial charge in [-0.05, 0) is 215 Å². The molecule has 0 N–H and O–H groups in total. The Bertz CT molecular complexity index is 7000. The largest absolute Gasteiger partial charge is 0.510 e. The first-order valence-electron chi connectivity index (χ1n) is 45.1. The zero-order valence-electron chi connectivity index (χ0n) is 81.7. The van der Waals surface area contributed by atoms with Crippen molar-refractivity contribution < 1.29 is 75.6 Å². The van der Waals surface area contributed by atoms with E-state index in [-0.39, 0.29) is 49.2 Å². The van der Waals surface area contributed by atoms with Gasteiger partial charge in [0, 0.05) is 60.7 Å². The van der Waals surface area contributed by atoms with Crippen LogP contribution in [0.5, 0.6) is 11.5 Å². The van der Waals surface area contributed by atoms with Crippen molar-refractivity contribution in [2.45, 2.75) is 53.6 Å². The molecule has 0 atom stereocenters. The molecule has 15 aromatic rings. The van der Waals surface area contributed by atoms with Crippen molar-refractivity contribution in [2.24, 2.45) is 0 Å². The molecule has 0 aliphatic carbocycles. The molecule has 446 valence electrons. The number of pyridine rings is 1. The van der Waals surface area contributed by atoms with Crippen molar-refractivity contribution in [3.8, 4) is 118 Å². The minimum atomic E-state index is -3.37. The first-order valence-corrected chi connectivity index (χ1v) is 28.6. The number of rotatable bonds is 9. The number of aryl methyl sites for hydroxylation is 4. The summed E-state index contributed by atoms with van der Waals surface area (Å²) in [4.78, 5) is 4.81. The van der Waals surface area contributed by atoms with Gasteiger partial charge in [-0.2, -0.15) is 18.2 Å². The number of fused-ring (bicyclic) bond motifs is 10. The van der Waals surface area contributed by atoms with E-state index in [1.165, 1.54) is 28.8 Å². The minimum absolute atomic E-state index is 0. The number of nitrogens with zero attached hydrogens (tertiary/aromatic N) is 4. The Balaban J connectivity index is 0.0000121. The second-order valence-corrected chi connectivity index (χ2v) is 22.6. The molecule has 0 spiro atoms. The molecular formula is C86H64N4OPt-2. The molecule has 16 rings (SSSR count). The third kappa shape index (κ3) is 10.00. The molecule has 92 heavy (non-hydrogen) atoms. The molecule has 3 aromatic heterocycles. The Morgan fingerprint density at radius 2 is 1.02 bits per heavy atom. The van der Waals surface area contributed by atoms with Crippen LogP contribution in [0.2, 0.25) is 0 Å². The molecule has 0 saturated heterocycles. The third-order valence-corrected chi connectivity index (χ3v) is 16.1. The van der Waals surface area contributed by atoms with Crippen LogP contribution in [-0.2, 0) is 26.5 Å². The van der Waals surface area contributed by atoms with Gasteiger partial charge in [0.25, 0.3) is 6.33 Å². The maximum Gasteiger partial charge on any atom is 0.268 e. The van der Waals surface area contributed by atoms with E-state index in [0.717, 1.165) is 81.0 Å². The fourth-order valence-electron chi connectivity index (χ4n) is 12.0. The number of imidazole rings is 1. The molecule has 4 heterocycles. The van der Waals surface area contributed by atoms with Gasteiger partial charge in [-0.25, -0.2) is 4.98 Å². The van der Waals surface area contributed by atoms with Gasteiger partial charge in [0.1, 0.15) is 5.82 Å². The molecule has 0 amide bonds. The Kier molecular flexibility index (Phi) is 8.04. The van der Waals surface area contributed by atoms with E-state index >= 15 is 0 Å². The van der Waals surface area contributed by atoms with Crippen LogP contribution in [0.4, 0.5) is 0 Å². The molecular weight excluding hydrogens is 1300 g/mol. The minimum Gasteiger partial charge on any atom is -0.510 e. The summed E-state index contributed by atoms with van der Waals surface area (Å²) in [6.07, 6.45) is 5.01. The number of aromatic nitrogens is 4. The Hall–Kier alpha value is -10.5. The van der Waals surface area contributed by atoms with Gasteiger partial charge < -0.3 is 13.9 Å². The molecule has 0 fully saturated rings. The Labute approximate surface area is 598 Å². The Morgan fingerprint density at radius 1 is 0.467 bits per heavy atom.